The highest BCUT2D eigenvalue weighted by molar-refractivity contribution is 6.05. The van der Waals surface area contributed by atoms with Crippen molar-refractivity contribution in [3.05, 3.63) is 59.2 Å². The molecule has 3 amide bonds. The molecule has 0 radical (unpaired) electrons. The first kappa shape index (κ1) is 25.6. The molecule has 0 spiro atoms. The summed E-state index contributed by atoms with van der Waals surface area (Å²) in [6.07, 6.45) is 1.75. The molecule has 1 saturated heterocycles. The fraction of sp³-hybridized carbons (Fsp3) is 0.423. The average Bonchev–Trinajstić information content (AvgIpc) is 2.84. The largest absolute Gasteiger partial charge is 0.490 e. The van der Waals surface area contributed by atoms with Crippen molar-refractivity contribution in [2.24, 2.45) is 0 Å². The van der Waals surface area contributed by atoms with Crippen LogP contribution in [0.5, 0.6) is 5.75 Å². The monoisotopic (exact) mass is 501 g/mol. The van der Waals surface area contributed by atoms with E-state index in [-0.39, 0.29) is 53.8 Å². The maximum absolute atomic E-state index is 13.5. The quantitative estimate of drug-likeness (QED) is 0.632. The van der Waals surface area contributed by atoms with E-state index in [2.05, 4.69) is 10.6 Å². The number of ether oxygens (including phenoxy) is 2. The predicted octanol–water partition coefficient (Wildman–Crippen LogP) is 3.51. The Bertz CT molecular complexity index is 1140. The molecule has 0 aromatic heterocycles. The number of halogens is 2. The zero-order valence-corrected chi connectivity index (χ0v) is 20.2. The van der Waals surface area contributed by atoms with Crippen molar-refractivity contribution in [2.75, 3.05) is 25.5 Å². The van der Waals surface area contributed by atoms with Crippen molar-refractivity contribution in [2.45, 2.75) is 50.9 Å². The average molecular weight is 502 g/mol. The van der Waals surface area contributed by atoms with Crippen LogP contribution in [0.1, 0.15) is 53.3 Å². The molecule has 0 aliphatic carbocycles. The molecule has 192 valence electrons. The summed E-state index contributed by atoms with van der Waals surface area (Å²) in [4.78, 5) is 39.5. The number of amides is 3. The number of anilines is 1. The van der Waals surface area contributed by atoms with Crippen molar-refractivity contribution in [3.8, 4) is 5.75 Å². The molecule has 8 nitrogen and oxygen atoms in total. The second kappa shape index (κ2) is 11.0. The number of benzene rings is 2. The molecule has 10 heteroatoms. The standard InChI is InChI=1S/C26H29F2N3O5/c1-3-8-29-24(32)13-19-5-6-21-23(36-19)14-35-22-7-4-18(12-20(22)26(34)31(21)2)30-25(33)15-9-16(27)11-17(28)10-15/h4,7,9-12,19,21,23H,3,5-6,8,13-14H2,1-2H3,(H,29,32)(H,30,33)/t19-,21+,23+/m1/s1. The number of fused-ring (bicyclic) bond motifs is 2. The minimum Gasteiger partial charge on any atom is -0.490 e. The molecule has 0 unspecified atom stereocenters. The van der Waals surface area contributed by atoms with E-state index in [1.165, 1.54) is 6.07 Å². The number of carbonyl (C=O) groups excluding carboxylic acids is 3. The molecule has 0 saturated carbocycles. The van der Waals surface area contributed by atoms with Crippen LogP contribution < -0.4 is 15.4 Å². The summed E-state index contributed by atoms with van der Waals surface area (Å²) in [5, 5.41) is 5.42. The van der Waals surface area contributed by atoms with Gasteiger partial charge in [-0.1, -0.05) is 6.92 Å². The fourth-order valence-electron chi connectivity index (χ4n) is 4.54. The van der Waals surface area contributed by atoms with Crippen LogP contribution in [-0.2, 0) is 9.53 Å². The Kier molecular flexibility index (Phi) is 7.83. The lowest BCUT2D eigenvalue weighted by atomic mass is 9.94. The lowest BCUT2D eigenvalue weighted by molar-refractivity contribution is -0.134. The number of nitrogens with zero attached hydrogens (tertiary/aromatic N) is 1. The van der Waals surface area contributed by atoms with Gasteiger partial charge in [-0.15, -0.1) is 0 Å². The number of carbonyl (C=O) groups is 3. The second-order valence-electron chi connectivity index (χ2n) is 9.05. The van der Waals surface area contributed by atoms with Crippen LogP contribution in [-0.4, -0.2) is 61.1 Å². The third-order valence-corrected chi connectivity index (χ3v) is 6.38. The van der Waals surface area contributed by atoms with Gasteiger partial charge < -0.3 is 25.0 Å². The number of likely N-dealkylation sites (N-methyl/N-ethyl adjacent to an activating group) is 1. The molecule has 4 rings (SSSR count). The second-order valence-corrected chi connectivity index (χ2v) is 9.05. The summed E-state index contributed by atoms with van der Waals surface area (Å²) in [6, 6.07) is 6.87. The van der Waals surface area contributed by atoms with Gasteiger partial charge in [-0.3, -0.25) is 14.4 Å². The lowest BCUT2D eigenvalue weighted by Crippen LogP contribution is -2.54. The van der Waals surface area contributed by atoms with E-state index < -0.39 is 23.6 Å². The van der Waals surface area contributed by atoms with E-state index in [0.717, 1.165) is 18.6 Å². The van der Waals surface area contributed by atoms with Gasteiger partial charge in [0.25, 0.3) is 11.8 Å². The predicted molar refractivity (Wildman–Crippen MR) is 128 cm³/mol. The minimum absolute atomic E-state index is 0.0580. The maximum atomic E-state index is 13.5. The Morgan fingerprint density at radius 2 is 1.86 bits per heavy atom. The first-order valence-corrected chi connectivity index (χ1v) is 12.0. The van der Waals surface area contributed by atoms with Crippen LogP contribution in [0.25, 0.3) is 0 Å². The lowest BCUT2D eigenvalue weighted by Gasteiger charge is -2.42. The van der Waals surface area contributed by atoms with Gasteiger partial charge in [0, 0.05) is 30.9 Å². The third-order valence-electron chi connectivity index (χ3n) is 6.38. The SMILES string of the molecule is CCCNC(=O)C[C@H]1CC[C@H]2[C@H](COc3ccc(NC(=O)c4cc(F)cc(F)c4)cc3C(=O)N2C)O1. The summed E-state index contributed by atoms with van der Waals surface area (Å²) in [5.74, 6) is -2.48. The third kappa shape index (κ3) is 5.81. The first-order chi connectivity index (χ1) is 17.2. The number of rotatable bonds is 6. The Labute approximate surface area is 207 Å². The van der Waals surface area contributed by atoms with Gasteiger partial charge in [0.15, 0.2) is 0 Å². The minimum atomic E-state index is -0.864. The normalized spacial score (nSPS) is 21.4. The van der Waals surface area contributed by atoms with Crippen molar-refractivity contribution < 1.29 is 32.6 Å². The van der Waals surface area contributed by atoms with Crippen LogP contribution in [0.4, 0.5) is 14.5 Å². The van der Waals surface area contributed by atoms with E-state index in [0.29, 0.717) is 31.2 Å². The van der Waals surface area contributed by atoms with Crippen molar-refractivity contribution in [1.29, 1.82) is 0 Å². The van der Waals surface area contributed by atoms with Crippen molar-refractivity contribution >= 4 is 23.4 Å². The van der Waals surface area contributed by atoms with E-state index in [9.17, 15) is 23.2 Å². The van der Waals surface area contributed by atoms with E-state index >= 15 is 0 Å². The van der Waals surface area contributed by atoms with E-state index in [1.54, 1.807) is 24.1 Å². The highest BCUT2D eigenvalue weighted by Gasteiger charge is 2.39. The summed E-state index contributed by atoms with van der Waals surface area (Å²) in [7, 11) is 1.69. The summed E-state index contributed by atoms with van der Waals surface area (Å²) in [5.41, 5.74) is 0.350. The highest BCUT2D eigenvalue weighted by Crippen LogP contribution is 2.32. The Balaban J connectivity index is 1.47. The smallest absolute Gasteiger partial charge is 0.257 e. The van der Waals surface area contributed by atoms with Crippen LogP contribution >= 0.6 is 0 Å². The summed E-state index contributed by atoms with van der Waals surface area (Å²) < 4.78 is 39.1. The van der Waals surface area contributed by atoms with E-state index in [4.69, 9.17) is 9.47 Å². The highest BCUT2D eigenvalue weighted by atomic mass is 19.1. The first-order valence-electron chi connectivity index (χ1n) is 12.0. The van der Waals surface area contributed by atoms with Gasteiger partial charge in [0.1, 0.15) is 30.1 Å². The van der Waals surface area contributed by atoms with Gasteiger partial charge in [0.2, 0.25) is 5.91 Å². The van der Waals surface area contributed by atoms with Crippen LogP contribution in [0.3, 0.4) is 0 Å². The number of hydrogen-bond acceptors (Lipinski definition) is 5. The molecule has 2 heterocycles. The molecular weight excluding hydrogens is 472 g/mol. The number of hydrogen-bond donors (Lipinski definition) is 2. The van der Waals surface area contributed by atoms with E-state index in [1.807, 2.05) is 6.92 Å². The van der Waals surface area contributed by atoms with Gasteiger partial charge >= 0.3 is 0 Å². The van der Waals surface area contributed by atoms with Crippen molar-refractivity contribution in [3.63, 3.8) is 0 Å². The van der Waals surface area contributed by atoms with Crippen LogP contribution in [0, 0.1) is 11.6 Å². The summed E-state index contributed by atoms with van der Waals surface area (Å²) >= 11 is 0. The summed E-state index contributed by atoms with van der Waals surface area (Å²) in [6.45, 7) is 2.80. The van der Waals surface area contributed by atoms with Gasteiger partial charge in [-0.25, -0.2) is 8.78 Å². The molecule has 1 fully saturated rings. The molecule has 2 aromatic rings. The topological polar surface area (TPSA) is 97.0 Å². The maximum Gasteiger partial charge on any atom is 0.257 e. The molecule has 2 aliphatic heterocycles. The van der Waals surface area contributed by atoms with Gasteiger partial charge in [-0.2, -0.15) is 0 Å². The molecule has 3 atom stereocenters. The Hall–Kier alpha value is -3.53. The molecular formula is C26H29F2N3O5. The fourth-order valence-corrected chi connectivity index (χ4v) is 4.54. The molecule has 0 bridgehead atoms. The zero-order chi connectivity index (χ0) is 25.8. The van der Waals surface area contributed by atoms with Crippen molar-refractivity contribution in [1.82, 2.24) is 10.2 Å². The Morgan fingerprint density at radius 1 is 1.11 bits per heavy atom. The van der Waals surface area contributed by atoms with Crippen LogP contribution in [0.15, 0.2) is 36.4 Å². The molecule has 36 heavy (non-hydrogen) atoms. The van der Waals surface area contributed by atoms with Crippen LogP contribution in [0.2, 0.25) is 0 Å². The number of nitrogens with one attached hydrogen (secondary N) is 2. The molecule has 2 N–H and O–H groups in total. The van der Waals surface area contributed by atoms with Gasteiger partial charge in [-0.05, 0) is 49.6 Å². The van der Waals surface area contributed by atoms with Gasteiger partial charge in [0.05, 0.1) is 24.1 Å². The Morgan fingerprint density at radius 3 is 2.58 bits per heavy atom. The molecule has 2 aromatic carbocycles. The zero-order valence-electron chi connectivity index (χ0n) is 20.2. The molecule has 2 aliphatic rings.